The molecule has 5 aliphatic rings. The van der Waals surface area contributed by atoms with Crippen molar-refractivity contribution in [3.8, 4) is 5.75 Å². The van der Waals surface area contributed by atoms with E-state index in [4.69, 9.17) is 0 Å². The lowest BCUT2D eigenvalue weighted by molar-refractivity contribution is -0.102. The SMILES string of the molecule is O=C(c1ccccc1)N1C[C@H]2C[C@@]34CC[C@@H]1[C@@H]2C31CCN(CCF)[C@@H]4Cc2ccc(O)cc21. The minimum Gasteiger partial charge on any atom is -0.508 e. The number of carbonyl (C=O) groups is 1. The van der Waals surface area contributed by atoms with Gasteiger partial charge in [0.2, 0.25) is 0 Å². The monoisotopic (exact) mass is 446 g/mol. The predicted molar refractivity (Wildman–Crippen MR) is 124 cm³/mol. The maximum absolute atomic E-state index is 13.6. The smallest absolute Gasteiger partial charge is 0.254 e. The van der Waals surface area contributed by atoms with Crippen LogP contribution < -0.4 is 0 Å². The van der Waals surface area contributed by atoms with E-state index in [1.807, 2.05) is 42.5 Å². The fraction of sp³-hybridized carbons (Fsp3) is 0.536. The van der Waals surface area contributed by atoms with Crippen molar-refractivity contribution in [1.29, 1.82) is 0 Å². The number of likely N-dealkylation sites (tertiary alicyclic amines) is 2. The van der Waals surface area contributed by atoms with Gasteiger partial charge in [-0.25, -0.2) is 4.39 Å². The van der Waals surface area contributed by atoms with Gasteiger partial charge >= 0.3 is 0 Å². The van der Waals surface area contributed by atoms with E-state index >= 15 is 0 Å². The lowest BCUT2D eigenvalue weighted by Gasteiger charge is -2.66. The highest BCUT2D eigenvalue weighted by Crippen LogP contribution is 2.75. The summed E-state index contributed by atoms with van der Waals surface area (Å²) in [5.41, 5.74) is 3.56. The first-order valence-corrected chi connectivity index (χ1v) is 12.6. The Morgan fingerprint density at radius 2 is 2.00 bits per heavy atom. The Morgan fingerprint density at radius 1 is 1.15 bits per heavy atom. The van der Waals surface area contributed by atoms with Crippen LogP contribution in [0.3, 0.4) is 0 Å². The zero-order valence-corrected chi connectivity index (χ0v) is 18.9. The van der Waals surface area contributed by atoms with Crippen LogP contribution in [0.2, 0.25) is 0 Å². The molecule has 2 aromatic carbocycles. The van der Waals surface area contributed by atoms with Crippen LogP contribution >= 0.6 is 0 Å². The number of amides is 1. The molecular weight excluding hydrogens is 415 g/mol. The molecule has 0 spiro atoms. The molecule has 4 nitrogen and oxygen atoms in total. The summed E-state index contributed by atoms with van der Waals surface area (Å²) in [5.74, 6) is 1.41. The number of carbonyl (C=O) groups excluding carboxylic acids is 1. The van der Waals surface area contributed by atoms with E-state index in [0.29, 0.717) is 30.2 Å². The van der Waals surface area contributed by atoms with Crippen molar-refractivity contribution in [1.82, 2.24) is 9.80 Å². The average Bonchev–Trinajstić information content (AvgIpc) is 3.28. The Kier molecular flexibility index (Phi) is 4.13. The molecule has 6 atom stereocenters. The van der Waals surface area contributed by atoms with Crippen LogP contribution in [0.25, 0.3) is 0 Å². The van der Waals surface area contributed by atoms with Crippen LogP contribution in [0.4, 0.5) is 4.39 Å². The van der Waals surface area contributed by atoms with Gasteiger partial charge in [0.1, 0.15) is 12.4 Å². The standard InChI is InChI=1S/C28H31FN2O2/c29-11-13-30-12-10-28-22-15-21(32)7-6-19(22)14-24(30)27(28)9-8-23-25(28)20(16-27)17-31(23)26(33)18-4-2-1-3-5-18/h1-7,15,20,23-25,32H,8-14,16-17H2/t20-,23-,24-,25-,27-,28?/m1/s1. The number of rotatable bonds is 3. The zero-order chi connectivity index (χ0) is 22.4. The Bertz CT molecular complexity index is 1120. The van der Waals surface area contributed by atoms with Gasteiger partial charge in [-0.2, -0.15) is 0 Å². The van der Waals surface area contributed by atoms with E-state index < -0.39 is 0 Å². The van der Waals surface area contributed by atoms with Crippen molar-refractivity contribution in [2.24, 2.45) is 17.3 Å². The molecule has 172 valence electrons. The first-order valence-electron chi connectivity index (χ1n) is 12.6. The summed E-state index contributed by atoms with van der Waals surface area (Å²) in [5, 5.41) is 10.5. The molecule has 2 aromatic rings. The van der Waals surface area contributed by atoms with Gasteiger partial charge in [0, 0.05) is 36.2 Å². The molecule has 2 heterocycles. The predicted octanol–water partition coefficient (Wildman–Crippen LogP) is 4.17. The molecule has 3 aliphatic carbocycles. The maximum Gasteiger partial charge on any atom is 0.254 e. The second-order valence-corrected chi connectivity index (χ2v) is 11.1. The third-order valence-corrected chi connectivity index (χ3v) is 10.2. The second kappa shape index (κ2) is 6.82. The first kappa shape index (κ1) is 20.0. The summed E-state index contributed by atoms with van der Waals surface area (Å²) in [4.78, 5) is 18.2. The molecule has 33 heavy (non-hydrogen) atoms. The molecule has 2 saturated carbocycles. The molecule has 1 N–H and O–H groups in total. The molecule has 4 fully saturated rings. The second-order valence-electron chi connectivity index (χ2n) is 11.1. The Balaban J connectivity index is 1.36. The highest BCUT2D eigenvalue weighted by atomic mass is 19.1. The van der Waals surface area contributed by atoms with Crippen LogP contribution in [-0.2, 0) is 11.8 Å². The number of phenolic OH excluding ortho intramolecular Hbond substituents is 1. The van der Waals surface area contributed by atoms with E-state index in [1.165, 1.54) is 11.1 Å². The molecule has 5 heteroatoms. The molecular formula is C28H31FN2O2. The molecule has 0 aromatic heterocycles. The van der Waals surface area contributed by atoms with Crippen LogP contribution in [0.15, 0.2) is 48.5 Å². The fourth-order valence-corrected chi connectivity index (χ4v) is 9.45. The van der Waals surface area contributed by atoms with E-state index in [-0.39, 0.29) is 29.5 Å². The number of alkyl halides is 1. The van der Waals surface area contributed by atoms with E-state index in [9.17, 15) is 14.3 Å². The molecule has 2 aliphatic heterocycles. The molecule has 4 bridgehead atoms. The zero-order valence-electron chi connectivity index (χ0n) is 18.9. The highest BCUT2D eigenvalue weighted by Gasteiger charge is 2.76. The third kappa shape index (κ3) is 2.37. The number of halogens is 1. The minimum absolute atomic E-state index is 0.0178. The number of aromatic hydroxyl groups is 1. The molecule has 2 saturated heterocycles. The number of benzene rings is 2. The van der Waals surface area contributed by atoms with Crippen LogP contribution in [0, 0.1) is 17.3 Å². The number of phenols is 1. The van der Waals surface area contributed by atoms with Gasteiger partial charge in [-0.05, 0) is 91.3 Å². The summed E-state index contributed by atoms with van der Waals surface area (Å²) < 4.78 is 13.5. The molecule has 1 amide bonds. The lowest BCUT2D eigenvalue weighted by atomic mass is 9.43. The van der Waals surface area contributed by atoms with E-state index in [0.717, 1.165) is 50.8 Å². The normalized spacial score (nSPS) is 38.2. The maximum atomic E-state index is 13.6. The summed E-state index contributed by atoms with van der Waals surface area (Å²) in [7, 11) is 0. The van der Waals surface area contributed by atoms with Crippen LogP contribution in [0.5, 0.6) is 5.75 Å². The minimum atomic E-state index is -0.295. The lowest BCUT2D eigenvalue weighted by Crippen LogP contribution is -2.69. The van der Waals surface area contributed by atoms with Gasteiger partial charge in [0.15, 0.2) is 0 Å². The molecule has 7 rings (SSSR count). The summed E-state index contributed by atoms with van der Waals surface area (Å²) in [6.07, 6.45) is 5.20. The van der Waals surface area contributed by atoms with Crippen LogP contribution in [-0.4, -0.2) is 59.2 Å². The third-order valence-electron chi connectivity index (χ3n) is 10.2. The summed E-state index contributed by atoms with van der Waals surface area (Å²) >= 11 is 0. The number of piperidine rings is 1. The molecule has 1 unspecified atom stereocenters. The number of fused-ring (bicyclic) bond motifs is 1. The molecule has 0 radical (unpaired) electrons. The van der Waals surface area contributed by atoms with Gasteiger partial charge in [0.25, 0.3) is 5.91 Å². The first-order chi connectivity index (χ1) is 16.1. The van der Waals surface area contributed by atoms with Crippen molar-refractivity contribution in [3.63, 3.8) is 0 Å². The quantitative estimate of drug-likeness (QED) is 0.770. The number of hydrogen-bond donors (Lipinski definition) is 1. The Morgan fingerprint density at radius 3 is 2.82 bits per heavy atom. The summed E-state index contributed by atoms with van der Waals surface area (Å²) in [6, 6.07) is 16.3. The van der Waals surface area contributed by atoms with Gasteiger partial charge in [-0.3, -0.25) is 9.69 Å². The Hall–Kier alpha value is -2.40. The van der Waals surface area contributed by atoms with Gasteiger partial charge < -0.3 is 10.0 Å². The van der Waals surface area contributed by atoms with Crippen molar-refractivity contribution in [2.75, 3.05) is 26.3 Å². The largest absolute Gasteiger partial charge is 0.508 e. The van der Waals surface area contributed by atoms with Crippen molar-refractivity contribution >= 4 is 5.91 Å². The van der Waals surface area contributed by atoms with Crippen molar-refractivity contribution in [3.05, 3.63) is 65.2 Å². The fourth-order valence-electron chi connectivity index (χ4n) is 9.45. The van der Waals surface area contributed by atoms with Crippen molar-refractivity contribution < 1.29 is 14.3 Å². The van der Waals surface area contributed by atoms with Gasteiger partial charge in [0.05, 0.1) is 0 Å². The Labute approximate surface area is 194 Å². The number of nitrogens with zero attached hydrogens (tertiary/aromatic N) is 2. The van der Waals surface area contributed by atoms with E-state index in [1.54, 1.807) is 0 Å². The topological polar surface area (TPSA) is 43.8 Å². The number of hydrogen-bond acceptors (Lipinski definition) is 3. The summed E-state index contributed by atoms with van der Waals surface area (Å²) in [6.45, 7) is 1.97. The highest BCUT2D eigenvalue weighted by molar-refractivity contribution is 5.94. The van der Waals surface area contributed by atoms with Crippen molar-refractivity contribution in [2.45, 2.75) is 49.6 Å². The average molecular weight is 447 g/mol. The van der Waals surface area contributed by atoms with Crippen LogP contribution in [0.1, 0.15) is 47.2 Å². The van der Waals surface area contributed by atoms with E-state index in [2.05, 4.69) is 15.9 Å². The van der Waals surface area contributed by atoms with Gasteiger partial charge in [-0.15, -0.1) is 0 Å². The van der Waals surface area contributed by atoms with Gasteiger partial charge in [-0.1, -0.05) is 24.3 Å².